The summed E-state index contributed by atoms with van der Waals surface area (Å²) in [7, 11) is 0. The number of nitrogens with one attached hydrogen (secondary N) is 2. The lowest BCUT2D eigenvalue weighted by molar-refractivity contribution is 0.620. The molecule has 0 fully saturated rings. The van der Waals surface area contributed by atoms with Gasteiger partial charge in [-0.25, -0.2) is 0 Å². The fraction of sp³-hybridized carbons (Fsp3) is 0.333. The average molecular weight is 440 g/mol. The van der Waals surface area contributed by atoms with Crippen molar-refractivity contribution in [3.63, 3.8) is 0 Å². The molecule has 3 nitrogen and oxygen atoms in total. The lowest BCUT2D eigenvalue weighted by Crippen LogP contribution is -2.30. The van der Waals surface area contributed by atoms with Gasteiger partial charge in [0.15, 0.2) is 0 Å². The van der Waals surface area contributed by atoms with Crippen molar-refractivity contribution in [3.8, 4) is 16.8 Å². The van der Waals surface area contributed by atoms with Gasteiger partial charge in [0.25, 0.3) is 0 Å². The Morgan fingerprint density at radius 1 is 0.750 bits per heavy atom. The van der Waals surface area contributed by atoms with Gasteiger partial charge in [0.2, 0.25) is 0 Å². The fourth-order valence-corrected chi connectivity index (χ4v) is 3.39. The first kappa shape index (κ1) is 20.5. The van der Waals surface area contributed by atoms with Crippen LogP contribution in [0.25, 0.3) is 16.8 Å². The standard InChI is InChI=1S/C24H30BrN3/c1-23(2,3)26-21-20(17-10-8-7-9-11-17)16-28(22(21)27-24(4,5)6)19-14-12-18(25)13-15-19/h7-16,26-27H,1-6H3. The highest BCUT2D eigenvalue weighted by Gasteiger charge is 2.24. The van der Waals surface area contributed by atoms with Crippen molar-refractivity contribution in [1.29, 1.82) is 0 Å². The van der Waals surface area contributed by atoms with Gasteiger partial charge in [-0.05, 0) is 71.4 Å². The van der Waals surface area contributed by atoms with Crippen LogP contribution >= 0.6 is 15.9 Å². The van der Waals surface area contributed by atoms with Crippen molar-refractivity contribution in [2.45, 2.75) is 52.6 Å². The lowest BCUT2D eigenvalue weighted by atomic mass is 10.0. The minimum absolute atomic E-state index is 0.0657. The van der Waals surface area contributed by atoms with Crippen LogP contribution in [0, 0.1) is 0 Å². The zero-order valence-electron chi connectivity index (χ0n) is 17.6. The maximum absolute atomic E-state index is 3.75. The monoisotopic (exact) mass is 439 g/mol. The van der Waals surface area contributed by atoms with Crippen LogP contribution in [0.2, 0.25) is 0 Å². The molecule has 2 N–H and O–H groups in total. The summed E-state index contributed by atoms with van der Waals surface area (Å²) in [4.78, 5) is 0. The molecule has 0 saturated heterocycles. The zero-order chi connectivity index (χ0) is 20.5. The molecule has 3 rings (SSSR count). The molecule has 0 unspecified atom stereocenters. The van der Waals surface area contributed by atoms with Crippen molar-refractivity contribution in [1.82, 2.24) is 4.57 Å². The van der Waals surface area contributed by atoms with Crippen molar-refractivity contribution < 1.29 is 0 Å². The van der Waals surface area contributed by atoms with Crippen LogP contribution in [0.3, 0.4) is 0 Å². The summed E-state index contributed by atoms with van der Waals surface area (Å²) >= 11 is 3.54. The molecule has 0 atom stereocenters. The number of hydrogen-bond donors (Lipinski definition) is 2. The van der Waals surface area contributed by atoms with Gasteiger partial charge in [0.1, 0.15) is 5.82 Å². The molecule has 148 valence electrons. The minimum atomic E-state index is -0.0757. The number of hydrogen-bond acceptors (Lipinski definition) is 2. The van der Waals surface area contributed by atoms with Crippen LogP contribution < -0.4 is 10.6 Å². The summed E-state index contributed by atoms with van der Waals surface area (Å²) in [5, 5.41) is 7.48. The van der Waals surface area contributed by atoms with Gasteiger partial charge in [-0.2, -0.15) is 0 Å². The summed E-state index contributed by atoms with van der Waals surface area (Å²) in [6, 6.07) is 19.0. The molecule has 0 radical (unpaired) electrons. The first-order chi connectivity index (χ1) is 13.0. The third-order valence-electron chi connectivity index (χ3n) is 4.19. The average Bonchev–Trinajstić information content (AvgIpc) is 2.91. The van der Waals surface area contributed by atoms with Crippen molar-refractivity contribution in [2.24, 2.45) is 0 Å². The second-order valence-corrected chi connectivity index (χ2v) is 10.1. The second kappa shape index (κ2) is 7.67. The highest BCUT2D eigenvalue weighted by molar-refractivity contribution is 9.10. The molecule has 0 aliphatic carbocycles. The van der Waals surface area contributed by atoms with Crippen LogP contribution in [0.15, 0.2) is 65.3 Å². The summed E-state index contributed by atoms with van der Waals surface area (Å²) in [6.07, 6.45) is 2.22. The maximum Gasteiger partial charge on any atom is 0.135 e. The molecule has 1 aromatic heterocycles. The van der Waals surface area contributed by atoms with Gasteiger partial charge in [0, 0.05) is 33.0 Å². The Morgan fingerprint density at radius 2 is 1.32 bits per heavy atom. The van der Waals surface area contributed by atoms with E-state index in [0.717, 1.165) is 21.7 Å². The normalized spacial score (nSPS) is 12.1. The molecule has 1 heterocycles. The van der Waals surface area contributed by atoms with E-state index in [4.69, 9.17) is 0 Å². The Bertz CT molecular complexity index is 927. The third-order valence-corrected chi connectivity index (χ3v) is 4.72. The second-order valence-electron chi connectivity index (χ2n) is 9.23. The fourth-order valence-electron chi connectivity index (χ4n) is 3.13. The van der Waals surface area contributed by atoms with E-state index in [9.17, 15) is 0 Å². The Balaban J connectivity index is 2.27. The van der Waals surface area contributed by atoms with E-state index in [-0.39, 0.29) is 11.1 Å². The molecule has 0 bridgehead atoms. The van der Waals surface area contributed by atoms with E-state index < -0.39 is 0 Å². The summed E-state index contributed by atoms with van der Waals surface area (Å²) < 4.78 is 3.32. The SMILES string of the molecule is CC(C)(C)Nc1c(-c2ccccc2)cn(-c2ccc(Br)cc2)c1NC(C)(C)C. The molecule has 0 spiro atoms. The molecular weight excluding hydrogens is 410 g/mol. The number of rotatable bonds is 4. The Hall–Kier alpha value is -2.20. The minimum Gasteiger partial charge on any atom is -0.377 e. The highest BCUT2D eigenvalue weighted by atomic mass is 79.9. The van der Waals surface area contributed by atoms with Crippen molar-refractivity contribution in [2.75, 3.05) is 10.6 Å². The van der Waals surface area contributed by atoms with Gasteiger partial charge in [0.05, 0.1) is 5.69 Å². The molecule has 2 aromatic carbocycles. The summed E-state index contributed by atoms with van der Waals surface area (Å²) in [5.74, 6) is 1.07. The Labute approximate surface area is 177 Å². The van der Waals surface area contributed by atoms with Gasteiger partial charge >= 0.3 is 0 Å². The molecular formula is C24H30BrN3. The molecule has 3 aromatic rings. The molecule has 28 heavy (non-hydrogen) atoms. The smallest absolute Gasteiger partial charge is 0.135 e. The zero-order valence-corrected chi connectivity index (χ0v) is 19.2. The van der Waals surface area contributed by atoms with E-state index in [1.165, 1.54) is 11.1 Å². The topological polar surface area (TPSA) is 29.0 Å². The molecule has 0 aliphatic rings. The predicted octanol–water partition coefficient (Wildman–Crippen LogP) is 7.33. The van der Waals surface area contributed by atoms with Crippen LogP contribution in [0.4, 0.5) is 11.5 Å². The van der Waals surface area contributed by atoms with E-state index in [1.807, 2.05) is 0 Å². The summed E-state index contributed by atoms with van der Waals surface area (Å²) in [6.45, 7) is 13.2. The quantitative estimate of drug-likeness (QED) is 0.445. The number of halogens is 1. The van der Waals surface area contributed by atoms with Crippen molar-refractivity contribution >= 4 is 27.4 Å². The van der Waals surface area contributed by atoms with Crippen LogP contribution in [0.5, 0.6) is 0 Å². The van der Waals surface area contributed by atoms with Crippen LogP contribution in [-0.4, -0.2) is 15.6 Å². The van der Waals surface area contributed by atoms with Gasteiger partial charge < -0.3 is 15.2 Å². The number of benzene rings is 2. The predicted molar refractivity (Wildman–Crippen MR) is 126 cm³/mol. The van der Waals surface area contributed by atoms with Gasteiger partial charge in [-0.1, -0.05) is 46.3 Å². The first-order valence-electron chi connectivity index (χ1n) is 9.67. The number of anilines is 2. The van der Waals surface area contributed by atoms with E-state index in [0.29, 0.717) is 0 Å². The summed E-state index contributed by atoms with van der Waals surface area (Å²) in [5.41, 5.74) is 4.48. The maximum atomic E-state index is 3.75. The number of nitrogens with zero attached hydrogens (tertiary/aromatic N) is 1. The van der Waals surface area contributed by atoms with E-state index >= 15 is 0 Å². The molecule has 0 saturated carbocycles. The van der Waals surface area contributed by atoms with Crippen LogP contribution in [0.1, 0.15) is 41.5 Å². The third kappa shape index (κ3) is 4.99. The van der Waals surface area contributed by atoms with Crippen molar-refractivity contribution in [3.05, 3.63) is 65.3 Å². The Kier molecular flexibility index (Phi) is 5.62. The van der Waals surface area contributed by atoms with Crippen LogP contribution in [-0.2, 0) is 0 Å². The largest absolute Gasteiger partial charge is 0.377 e. The van der Waals surface area contributed by atoms with Gasteiger partial charge in [-0.15, -0.1) is 0 Å². The Morgan fingerprint density at radius 3 is 1.86 bits per heavy atom. The van der Waals surface area contributed by atoms with Gasteiger partial charge in [-0.3, -0.25) is 0 Å². The van der Waals surface area contributed by atoms with E-state index in [2.05, 4.69) is 133 Å². The number of aromatic nitrogens is 1. The molecule has 0 aliphatic heterocycles. The molecule has 0 amide bonds. The van der Waals surface area contributed by atoms with E-state index in [1.54, 1.807) is 0 Å². The highest BCUT2D eigenvalue weighted by Crippen LogP contribution is 2.41. The lowest BCUT2D eigenvalue weighted by Gasteiger charge is -2.28. The molecule has 4 heteroatoms. The first-order valence-corrected chi connectivity index (χ1v) is 10.5.